The van der Waals surface area contributed by atoms with Crippen LogP contribution >= 0.6 is 0 Å². The Morgan fingerprint density at radius 2 is 1.73 bits per heavy atom. The van der Waals surface area contributed by atoms with Gasteiger partial charge in [-0.05, 0) is 48.5 Å². The van der Waals surface area contributed by atoms with Crippen LogP contribution in [0.4, 0.5) is 21.9 Å². The Morgan fingerprint density at radius 1 is 0.962 bits per heavy atom. The van der Waals surface area contributed by atoms with Gasteiger partial charge in [-0.1, -0.05) is 12.1 Å². The maximum atomic E-state index is 12.4. The SMILES string of the molecule is Nc1ccc(-c2ccccn2)cc1NC(=O)c1ccc(NC(=O)O)cc1. The molecule has 1 aromatic heterocycles. The first-order valence-corrected chi connectivity index (χ1v) is 7.75. The summed E-state index contributed by atoms with van der Waals surface area (Å²) in [5.41, 5.74) is 9.23. The summed E-state index contributed by atoms with van der Waals surface area (Å²) in [6.45, 7) is 0. The average molecular weight is 348 g/mol. The number of hydrogen-bond acceptors (Lipinski definition) is 4. The van der Waals surface area contributed by atoms with E-state index in [1.54, 1.807) is 18.3 Å². The third-order valence-electron chi connectivity index (χ3n) is 3.66. The molecular formula is C19H16N4O3. The van der Waals surface area contributed by atoms with E-state index in [-0.39, 0.29) is 5.91 Å². The van der Waals surface area contributed by atoms with Gasteiger partial charge in [0, 0.05) is 23.0 Å². The molecule has 26 heavy (non-hydrogen) atoms. The van der Waals surface area contributed by atoms with Crippen molar-refractivity contribution >= 4 is 29.1 Å². The summed E-state index contributed by atoms with van der Waals surface area (Å²) in [6, 6.07) is 16.9. The van der Waals surface area contributed by atoms with E-state index in [9.17, 15) is 9.59 Å². The number of anilines is 3. The lowest BCUT2D eigenvalue weighted by atomic mass is 10.1. The van der Waals surface area contributed by atoms with E-state index in [0.29, 0.717) is 22.6 Å². The number of amides is 2. The number of carbonyl (C=O) groups is 2. The number of nitrogens with zero attached hydrogens (tertiary/aromatic N) is 1. The van der Waals surface area contributed by atoms with Crippen LogP contribution in [0.5, 0.6) is 0 Å². The van der Waals surface area contributed by atoms with Crippen LogP contribution in [0.15, 0.2) is 66.9 Å². The van der Waals surface area contributed by atoms with Crippen LogP contribution < -0.4 is 16.4 Å². The van der Waals surface area contributed by atoms with Crippen molar-refractivity contribution < 1.29 is 14.7 Å². The smallest absolute Gasteiger partial charge is 0.409 e. The molecule has 3 aromatic rings. The highest BCUT2D eigenvalue weighted by Crippen LogP contribution is 2.26. The van der Waals surface area contributed by atoms with Gasteiger partial charge in [0.05, 0.1) is 17.1 Å². The number of carboxylic acid groups (broad SMARTS) is 1. The summed E-state index contributed by atoms with van der Waals surface area (Å²) in [7, 11) is 0. The Kier molecular flexibility index (Phi) is 4.80. The lowest BCUT2D eigenvalue weighted by Crippen LogP contribution is -2.13. The zero-order valence-electron chi connectivity index (χ0n) is 13.6. The molecule has 7 nitrogen and oxygen atoms in total. The van der Waals surface area contributed by atoms with E-state index in [1.165, 1.54) is 24.3 Å². The zero-order valence-corrected chi connectivity index (χ0v) is 13.6. The molecule has 0 aliphatic carbocycles. The number of rotatable bonds is 4. The topological polar surface area (TPSA) is 117 Å². The summed E-state index contributed by atoms with van der Waals surface area (Å²) >= 11 is 0. The van der Waals surface area contributed by atoms with Crippen LogP contribution in [0, 0.1) is 0 Å². The molecule has 1 heterocycles. The van der Waals surface area contributed by atoms with E-state index in [0.717, 1.165) is 11.3 Å². The summed E-state index contributed by atoms with van der Waals surface area (Å²) in [5.74, 6) is -0.350. The van der Waals surface area contributed by atoms with Crippen molar-refractivity contribution in [2.24, 2.45) is 0 Å². The lowest BCUT2D eigenvalue weighted by molar-refractivity contribution is 0.102. The number of nitrogens with one attached hydrogen (secondary N) is 2. The highest BCUT2D eigenvalue weighted by Gasteiger charge is 2.10. The number of carbonyl (C=O) groups excluding carboxylic acids is 1. The van der Waals surface area contributed by atoms with Crippen LogP contribution in [0.1, 0.15) is 10.4 Å². The summed E-state index contributed by atoms with van der Waals surface area (Å²) in [6.07, 6.45) is 0.526. The second-order valence-electron chi connectivity index (χ2n) is 5.48. The van der Waals surface area contributed by atoms with E-state index in [4.69, 9.17) is 10.8 Å². The Hall–Kier alpha value is -3.87. The van der Waals surface area contributed by atoms with Crippen molar-refractivity contribution in [3.8, 4) is 11.3 Å². The lowest BCUT2D eigenvalue weighted by Gasteiger charge is -2.11. The molecule has 2 amide bonds. The molecule has 0 fully saturated rings. The van der Waals surface area contributed by atoms with Crippen LogP contribution in [0.25, 0.3) is 11.3 Å². The van der Waals surface area contributed by atoms with Gasteiger partial charge < -0.3 is 16.2 Å². The third-order valence-corrected chi connectivity index (χ3v) is 3.66. The Bertz CT molecular complexity index is 941. The molecule has 5 N–H and O–H groups in total. The van der Waals surface area contributed by atoms with Gasteiger partial charge in [0.15, 0.2) is 0 Å². The molecule has 0 aliphatic rings. The minimum Gasteiger partial charge on any atom is -0.465 e. The van der Waals surface area contributed by atoms with Crippen molar-refractivity contribution in [2.45, 2.75) is 0 Å². The Morgan fingerprint density at radius 3 is 2.38 bits per heavy atom. The second-order valence-corrected chi connectivity index (χ2v) is 5.48. The number of hydrogen-bond donors (Lipinski definition) is 4. The molecule has 0 atom stereocenters. The molecule has 7 heteroatoms. The fourth-order valence-electron chi connectivity index (χ4n) is 2.38. The quantitative estimate of drug-likeness (QED) is 0.537. The molecule has 0 radical (unpaired) electrons. The summed E-state index contributed by atoms with van der Waals surface area (Å²) in [5, 5.41) is 13.7. The first-order chi connectivity index (χ1) is 12.5. The Balaban J connectivity index is 1.79. The molecule has 0 saturated carbocycles. The molecule has 0 bridgehead atoms. The van der Waals surface area contributed by atoms with Gasteiger partial charge in [-0.15, -0.1) is 0 Å². The van der Waals surface area contributed by atoms with E-state index >= 15 is 0 Å². The molecule has 0 saturated heterocycles. The number of nitrogen functional groups attached to an aromatic ring is 1. The van der Waals surface area contributed by atoms with Crippen LogP contribution in [0.2, 0.25) is 0 Å². The maximum absolute atomic E-state index is 12.4. The highest BCUT2D eigenvalue weighted by atomic mass is 16.4. The minimum atomic E-state index is -1.17. The zero-order chi connectivity index (χ0) is 18.5. The second kappa shape index (κ2) is 7.35. The van der Waals surface area contributed by atoms with Gasteiger partial charge in [0.25, 0.3) is 5.91 Å². The van der Waals surface area contributed by atoms with E-state index in [2.05, 4.69) is 15.6 Å². The van der Waals surface area contributed by atoms with E-state index in [1.807, 2.05) is 24.3 Å². The molecule has 0 aliphatic heterocycles. The van der Waals surface area contributed by atoms with Gasteiger partial charge in [-0.25, -0.2) is 4.79 Å². The normalized spacial score (nSPS) is 10.2. The Labute approximate surface area is 149 Å². The van der Waals surface area contributed by atoms with Crippen LogP contribution in [-0.2, 0) is 0 Å². The predicted octanol–water partition coefficient (Wildman–Crippen LogP) is 3.67. The average Bonchev–Trinajstić information content (AvgIpc) is 2.64. The molecule has 130 valence electrons. The van der Waals surface area contributed by atoms with Crippen LogP contribution in [0.3, 0.4) is 0 Å². The van der Waals surface area contributed by atoms with Gasteiger partial charge in [0.1, 0.15) is 0 Å². The van der Waals surface area contributed by atoms with Crippen LogP contribution in [-0.4, -0.2) is 22.1 Å². The van der Waals surface area contributed by atoms with Gasteiger partial charge >= 0.3 is 6.09 Å². The molecule has 2 aromatic carbocycles. The fourth-order valence-corrected chi connectivity index (χ4v) is 2.38. The number of benzene rings is 2. The van der Waals surface area contributed by atoms with Crippen molar-refractivity contribution in [1.82, 2.24) is 4.98 Å². The predicted molar refractivity (Wildman–Crippen MR) is 100 cm³/mol. The largest absolute Gasteiger partial charge is 0.465 e. The van der Waals surface area contributed by atoms with E-state index < -0.39 is 6.09 Å². The van der Waals surface area contributed by atoms with Gasteiger partial charge in [-0.3, -0.25) is 15.1 Å². The van der Waals surface area contributed by atoms with Crippen molar-refractivity contribution in [1.29, 1.82) is 0 Å². The van der Waals surface area contributed by atoms with Gasteiger partial charge in [0.2, 0.25) is 0 Å². The molecular weight excluding hydrogens is 332 g/mol. The number of nitrogens with two attached hydrogens (primary N) is 1. The van der Waals surface area contributed by atoms with Crippen molar-refractivity contribution in [3.63, 3.8) is 0 Å². The minimum absolute atomic E-state index is 0.350. The maximum Gasteiger partial charge on any atom is 0.409 e. The van der Waals surface area contributed by atoms with Crippen molar-refractivity contribution in [3.05, 3.63) is 72.4 Å². The standard InChI is InChI=1S/C19H16N4O3/c20-15-9-6-13(16-3-1-2-10-21-16)11-17(15)23-18(24)12-4-7-14(8-5-12)22-19(25)26/h1-11,22H,20H2,(H,23,24)(H,25,26). The molecule has 0 spiro atoms. The highest BCUT2D eigenvalue weighted by molar-refractivity contribution is 6.06. The molecule has 3 rings (SSSR count). The first-order valence-electron chi connectivity index (χ1n) is 7.75. The third kappa shape index (κ3) is 3.96. The molecule has 0 unspecified atom stereocenters. The monoisotopic (exact) mass is 348 g/mol. The summed E-state index contributed by atoms with van der Waals surface area (Å²) < 4.78 is 0. The van der Waals surface area contributed by atoms with Crippen molar-refractivity contribution in [2.75, 3.05) is 16.4 Å². The number of pyridine rings is 1. The fraction of sp³-hybridized carbons (Fsp3) is 0. The first kappa shape index (κ1) is 17.0. The number of aromatic nitrogens is 1. The summed E-state index contributed by atoms with van der Waals surface area (Å²) in [4.78, 5) is 27.3. The van der Waals surface area contributed by atoms with Gasteiger partial charge in [-0.2, -0.15) is 0 Å².